The molecule has 0 bridgehead atoms. The lowest BCUT2D eigenvalue weighted by molar-refractivity contribution is 0.247. The molecular weight excluding hydrogens is 246 g/mol. The van der Waals surface area contributed by atoms with Crippen molar-refractivity contribution in [1.82, 2.24) is 5.32 Å². The lowest BCUT2D eigenvalue weighted by Crippen LogP contribution is -2.29. The Morgan fingerprint density at radius 1 is 1.30 bits per heavy atom. The summed E-state index contributed by atoms with van der Waals surface area (Å²) in [7, 11) is 0. The summed E-state index contributed by atoms with van der Waals surface area (Å²) in [6.07, 6.45) is 7.23. The molecule has 0 aromatic heterocycles. The van der Waals surface area contributed by atoms with Crippen LogP contribution in [0.3, 0.4) is 0 Å². The third-order valence-electron chi connectivity index (χ3n) is 4.55. The van der Waals surface area contributed by atoms with Gasteiger partial charge in [0, 0.05) is 13.2 Å². The van der Waals surface area contributed by atoms with E-state index in [4.69, 9.17) is 5.11 Å². The van der Waals surface area contributed by atoms with Crippen LogP contribution in [0.25, 0.3) is 0 Å². The molecule has 0 saturated heterocycles. The lowest BCUT2D eigenvalue weighted by atomic mass is 9.83. The predicted molar refractivity (Wildman–Crippen MR) is 85.1 cm³/mol. The van der Waals surface area contributed by atoms with Gasteiger partial charge in [-0.25, -0.2) is 0 Å². The van der Waals surface area contributed by atoms with Crippen molar-refractivity contribution in [1.29, 1.82) is 0 Å². The summed E-state index contributed by atoms with van der Waals surface area (Å²) < 4.78 is 0. The number of nitrogens with one attached hydrogen (secondary N) is 1. The molecule has 0 radical (unpaired) electrons. The second kappa shape index (κ2) is 8.43. The van der Waals surface area contributed by atoms with E-state index in [0.29, 0.717) is 18.4 Å². The largest absolute Gasteiger partial charge is 0.396 e. The highest BCUT2D eigenvalue weighted by Crippen LogP contribution is 2.30. The van der Waals surface area contributed by atoms with E-state index in [2.05, 4.69) is 36.5 Å². The molecule has 1 aromatic rings. The molecule has 2 heteroatoms. The van der Waals surface area contributed by atoms with Gasteiger partial charge in [0.25, 0.3) is 0 Å². The van der Waals surface area contributed by atoms with Crippen molar-refractivity contribution in [3.63, 3.8) is 0 Å². The van der Waals surface area contributed by atoms with Gasteiger partial charge >= 0.3 is 0 Å². The molecule has 1 aliphatic carbocycles. The maximum Gasteiger partial charge on any atom is 0.0434 e. The SMILES string of the molecule is CCCC(CCO)CNCC1CCCc2ccccc21. The molecule has 2 rings (SSSR count). The van der Waals surface area contributed by atoms with Crippen LogP contribution in [0, 0.1) is 5.92 Å². The van der Waals surface area contributed by atoms with Crippen molar-refractivity contribution in [2.75, 3.05) is 19.7 Å². The molecule has 1 aromatic carbocycles. The van der Waals surface area contributed by atoms with Gasteiger partial charge in [-0.3, -0.25) is 0 Å². The van der Waals surface area contributed by atoms with Gasteiger partial charge in [0.2, 0.25) is 0 Å². The lowest BCUT2D eigenvalue weighted by Gasteiger charge is -2.26. The normalized spacial score (nSPS) is 19.6. The van der Waals surface area contributed by atoms with Gasteiger partial charge < -0.3 is 10.4 Å². The van der Waals surface area contributed by atoms with Gasteiger partial charge in [0.05, 0.1) is 0 Å². The number of fused-ring (bicyclic) bond motifs is 1. The smallest absolute Gasteiger partial charge is 0.0434 e. The molecule has 1 aliphatic rings. The van der Waals surface area contributed by atoms with E-state index in [1.807, 2.05) is 0 Å². The van der Waals surface area contributed by atoms with Crippen LogP contribution in [0.5, 0.6) is 0 Å². The fourth-order valence-corrected chi connectivity index (χ4v) is 3.47. The van der Waals surface area contributed by atoms with Crippen molar-refractivity contribution < 1.29 is 5.11 Å². The highest BCUT2D eigenvalue weighted by atomic mass is 16.3. The topological polar surface area (TPSA) is 32.3 Å². The maximum atomic E-state index is 9.11. The molecule has 2 atom stereocenters. The third-order valence-corrected chi connectivity index (χ3v) is 4.55. The Kier molecular flexibility index (Phi) is 6.55. The summed E-state index contributed by atoms with van der Waals surface area (Å²) in [5, 5.41) is 12.8. The molecule has 0 aliphatic heterocycles. The summed E-state index contributed by atoms with van der Waals surface area (Å²) in [4.78, 5) is 0. The minimum Gasteiger partial charge on any atom is -0.396 e. The Morgan fingerprint density at radius 3 is 2.95 bits per heavy atom. The number of aliphatic hydroxyl groups is 1. The number of benzene rings is 1. The van der Waals surface area contributed by atoms with Crippen LogP contribution in [-0.2, 0) is 6.42 Å². The summed E-state index contributed by atoms with van der Waals surface area (Å²) in [6, 6.07) is 8.92. The highest BCUT2D eigenvalue weighted by molar-refractivity contribution is 5.32. The Bertz CT molecular complexity index is 385. The number of rotatable bonds is 8. The molecule has 112 valence electrons. The van der Waals surface area contributed by atoms with E-state index < -0.39 is 0 Å². The zero-order valence-corrected chi connectivity index (χ0v) is 12.8. The van der Waals surface area contributed by atoms with E-state index >= 15 is 0 Å². The van der Waals surface area contributed by atoms with E-state index in [1.165, 1.54) is 32.1 Å². The Balaban J connectivity index is 1.82. The van der Waals surface area contributed by atoms with Gasteiger partial charge in [-0.15, -0.1) is 0 Å². The molecule has 2 unspecified atom stereocenters. The zero-order valence-electron chi connectivity index (χ0n) is 12.8. The molecule has 0 saturated carbocycles. The molecular formula is C18H29NO. The van der Waals surface area contributed by atoms with Crippen LogP contribution in [0.1, 0.15) is 56.1 Å². The van der Waals surface area contributed by atoms with Gasteiger partial charge in [-0.2, -0.15) is 0 Å². The quantitative estimate of drug-likeness (QED) is 0.761. The van der Waals surface area contributed by atoms with Gasteiger partial charge in [-0.05, 0) is 61.6 Å². The van der Waals surface area contributed by atoms with E-state index in [1.54, 1.807) is 11.1 Å². The number of hydrogen-bond acceptors (Lipinski definition) is 2. The predicted octanol–water partition coefficient (Wildman–Crippen LogP) is 3.49. The molecule has 0 fully saturated rings. The Hall–Kier alpha value is -0.860. The van der Waals surface area contributed by atoms with Crippen LogP contribution in [-0.4, -0.2) is 24.8 Å². The minimum absolute atomic E-state index is 0.318. The number of aryl methyl sites for hydroxylation is 1. The van der Waals surface area contributed by atoms with Crippen molar-refractivity contribution in [2.45, 2.75) is 51.4 Å². The highest BCUT2D eigenvalue weighted by Gasteiger charge is 2.19. The van der Waals surface area contributed by atoms with E-state index in [9.17, 15) is 0 Å². The fraction of sp³-hybridized carbons (Fsp3) is 0.667. The molecule has 2 N–H and O–H groups in total. The summed E-state index contributed by atoms with van der Waals surface area (Å²) in [5.74, 6) is 1.31. The van der Waals surface area contributed by atoms with Gasteiger partial charge in [0.1, 0.15) is 0 Å². The molecule has 2 nitrogen and oxygen atoms in total. The summed E-state index contributed by atoms with van der Waals surface area (Å²) >= 11 is 0. The standard InChI is InChI=1S/C18H29NO/c1-2-6-15(11-12-20)13-19-14-17-9-5-8-16-7-3-4-10-18(16)17/h3-4,7,10,15,17,19-20H,2,5-6,8-9,11-14H2,1H3. The van der Waals surface area contributed by atoms with Crippen LogP contribution >= 0.6 is 0 Å². The maximum absolute atomic E-state index is 9.11. The number of aliphatic hydroxyl groups excluding tert-OH is 1. The van der Waals surface area contributed by atoms with Crippen LogP contribution < -0.4 is 5.32 Å². The van der Waals surface area contributed by atoms with Gasteiger partial charge in [-0.1, -0.05) is 37.6 Å². The van der Waals surface area contributed by atoms with Crippen LogP contribution in [0.15, 0.2) is 24.3 Å². The first kappa shape index (κ1) is 15.5. The molecule has 20 heavy (non-hydrogen) atoms. The Labute approximate surface area is 123 Å². The van der Waals surface area contributed by atoms with Crippen LogP contribution in [0.4, 0.5) is 0 Å². The molecule has 0 spiro atoms. The summed E-state index contributed by atoms with van der Waals surface area (Å²) in [5.41, 5.74) is 3.10. The second-order valence-corrected chi connectivity index (χ2v) is 6.11. The first-order valence-electron chi connectivity index (χ1n) is 8.24. The molecule has 0 amide bonds. The van der Waals surface area contributed by atoms with Crippen LogP contribution in [0.2, 0.25) is 0 Å². The van der Waals surface area contributed by atoms with Crippen molar-refractivity contribution in [3.8, 4) is 0 Å². The molecule has 0 heterocycles. The van der Waals surface area contributed by atoms with Crippen molar-refractivity contribution in [3.05, 3.63) is 35.4 Å². The second-order valence-electron chi connectivity index (χ2n) is 6.11. The average molecular weight is 275 g/mol. The Morgan fingerprint density at radius 2 is 2.15 bits per heavy atom. The van der Waals surface area contributed by atoms with Crippen molar-refractivity contribution in [2.24, 2.45) is 5.92 Å². The van der Waals surface area contributed by atoms with Gasteiger partial charge in [0.15, 0.2) is 0 Å². The monoisotopic (exact) mass is 275 g/mol. The van der Waals surface area contributed by atoms with E-state index in [-0.39, 0.29) is 0 Å². The first-order chi connectivity index (χ1) is 9.85. The van der Waals surface area contributed by atoms with Crippen molar-refractivity contribution >= 4 is 0 Å². The third kappa shape index (κ3) is 4.32. The number of hydrogen-bond donors (Lipinski definition) is 2. The van der Waals surface area contributed by atoms with E-state index in [0.717, 1.165) is 19.5 Å². The zero-order chi connectivity index (χ0) is 14.2. The summed E-state index contributed by atoms with van der Waals surface area (Å²) in [6.45, 7) is 4.68. The first-order valence-corrected chi connectivity index (χ1v) is 8.24. The average Bonchev–Trinajstić information content (AvgIpc) is 2.48. The minimum atomic E-state index is 0.318. The fourth-order valence-electron chi connectivity index (χ4n) is 3.47.